The molecule has 2 fully saturated rings. The predicted octanol–water partition coefficient (Wildman–Crippen LogP) is 6.59. The molecule has 0 spiro atoms. The molecular formula is C83H120N10O19. The van der Waals surface area contributed by atoms with Crippen LogP contribution in [0, 0.1) is 35.5 Å². The number of ketones is 2. The fraction of sp³-hybridized carbons (Fsp3) is 0.590. The zero-order valence-corrected chi connectivity index (χ0v) is 67.7. The maximum Gasteiger partial charge on any atom is 0.333 e. The number of amides is 10. The maximum absolute atomic E-state index is 14.9. The number of hydroxylamine groups is 2. The summed E-state index contributed by atoms with van der Waals surface area (Å²) in [6.07, 6.45) is 5.79. The van der Waals surface area contributed by atoms with Crippen LogP contribution >= 0.6 is 0 Å². The lowest BCUT2D eigenvalue weighted by Crippen LogP contribution is -2.55. The van der Waals surface area contributed by atoms with Gasteiger partial charge in [0.2, 0.25) is 23.6 Å². The van der Waals surface area contributed by atoms with Gasteiger partial charge < -0.3 is 61.0 Å². The molecule has 0 aliphatic carbocycles. The van der Waals surface area contributed by atoms with Crippen LogP contribution in [0.2, 0.25) is 0 Å². The van der Waals surface area contributed by atoms with Crippen molar-refractivity contribution < 1.29 is 90.9 Å². The first-order chi connectivity index (χ1) is 53.1. The lowest BCUT2D eigenvalue weighted by Gasteiger charge is -2.41. The third-order valence-corrected chi connectivity index (χ3v) is 21.0. The summed E-state index contributed by atoms with van der Waals surface area (Å²) in [6.45, 7) is 18.7. The number of esters is 2. The number of likely N-dealkylation sites (N-methyl/N-ethyl adjacent to an activating group) is 2. The first-order valence-corrected chi connectivity index (χ1v) is 38.9. The number of rotatable bonds is 45. The van der Waals surface area contributed by atoms with Gasteiger partial charge in [-0.2, -0.15) is 0 Å². The monoisotopic (exact) mass is 1560 g/mol. The van der Waals surface area contributed by atoms with E-state index >= 15 is 0 Å². The minimum atomic E-state index is -0.930. The molecule has 3 heterocycles. The summed E-state index contributed by atoms with van der Waals surface area (Å²) >= 11 is 0. The summed E-state index contributed by atoms with van der Waals surface area (Å²) in [5, 5.41) is 8.67. The van der Waals surface area contributed by atoms with Crippen LogP contribution in [0.15, 0.2) is 91.0 Å². The fourth-order valence-electron chi connectivity index (χ4n) is 14.4. The van der Waals surface area contributed by atoms with Crippen LogP contribution in [0.3, 0.4) is 0 Å². The largest absolute Gasteiger partial charge is 0.467 e. The van der Waals surface area contributed by atoms with Crippen molar-refractivity contribution in [1.82, 2.24) is 40.6 Å². The number of benzene rings is 3. The number of urea groups is 1. The molecule has 0 bridgehead atoms. The number of carbonyl (C=O) groups is 14. The average Bonchev–Trinajstić information content (AvgIpc) is 1.06. The molecular weight excluding hydrogens is 1440 g/mol. The van der Waals surface area contributed by atoms with E-state index in [0.29, 0.717) is 80.8 Å². The van der Waals surface area contributed by atoms with E-state index < -0.39 is 108 Å². The number of nitrogens with zero attached hydrogens (tertiary/aromatic N) is 5. The summed E-state index contributed by atoms with van der Waals surface area (Å²) in [7, 11) is 7.96. The molecule has 7 N–H and O–H groups in total. The van der Waals surface area contributed by atoms with Crippen LogP contribution in [0.5, 0.6) is 0 Å². The number of likely N-dealkylation sites (tertiary alicyclic amines) is 1. The molecule has 0 saturated carbocycles. The van der Waals surface area contributed by atoms with Gasteiger partial charge in [-0.3, -0.25) is 62.5 Å². The number of hydrogen-bond acceptors (Lipinski definition) is 21. The van der Waals surface area contributed by atoms with E-state index in [1.54, 1.807) is 55.1 Å². The summed E-state index contributed by atoms with van der Waals surface area (Å²) in [6, 6.07) is 19.2. The molecule has 3 aliphatic rings. The van der Waals surface area contributed by atoms with Crippen molar-refractivity contribution in [3.05, 3.63) is 119 Å². The summed E-state index contributed by atoms with van der Waals surface area (Å²) < 4.78 is 22.9. The number of nitrogens with one attached hydrogen (secondary N) is 3. The van der Waals surface area contributed by atoms with E-state index in [4.69, 9.17) is 35.3 Å². The molecule has 3 aromatic carbocycles. The van der Waals surface area contributed by atoms with Gasteiger partial charge in [-0.25, -0.2) is 14.4 Å². The van der Waals surface area contributed by atoms with E-state index in [2.05, 4.69) is 16.0 Å². The van der Waals surface area contributed by atoms with Crippen LogP contribution in [-0.2, 0) is 119 Å². The smallest absolute Gasteiger partial charge is 0.333 e. The number of nitrogens with two attached hydrogens (primary N) is 2. The van der Waals surface area contributed by atoms with E-state index in [-0.39, 0.29) is 130 Å². The average molecular weight is 1560 g/mol. The second-order valence-electron chi connectivity index (χ2n) is 30.4. The van der Waals surface area contributed by atoms with Gasteiger partial charge in [0.1, 0.15) is 12.6 Å². The lowest BCUT2D eigenvalue weighted by molar-refractivity contribution is -0.197. The third kappa shape index (κ3) is 28.6. The molecule has 29 heteroatoms. The quantitative estimate of drug-likeness (QED) is 0.0226. The zero-order valence-electron chi connectivity index (χ0n) is 67.7. The molecule has 10 amide bonds. The van der Waals surface area contributed by atoms with Crippen LogP contribution in [0.1, 0.15) is 174 Å². The highest BCUT2D eigenvalue weighted by Crippen LogP contribution is 2.32. The SMILES string of the molecule is CC[C@H](C)[C@@H]([C@@H](CC(=O)N1CCC[C@H]1[C@H](OC)[C@@H](C)C(=O)N[C@@H](Cc1ccccc1)C(=O)OC)OC)N(C)C(=O)[C@@H](CC(=O)[C@H](C(C)C)N(C)Cc1cccc(CC(=O)OCc2ccc(CC(=O)[C@H](CCCNC(N)=O)NC(=O)[C@@H](N)C(C)C)cc2)c1)C(C)C.O=C(CCCCCN1C(=O)C=CC1=O)ON1C(=O)CCC1=O. The molecule has 3 aromatic rings. The van der Waals surface area contributed by atoms with Crippen molar-refractivity contribution in [2.45, 2.75) is 227 Å². The molecule has 0 unspecified atom stereocenters. The number of hydrogen-bond donors (Lipinski definition) is 5. The van der Waals surface area contributed by atoms with Crippen molar-refractivity contribution >= 4 is 82.8 Å². The second-order valence-corrected chi connectivity index (χ2v) is 30.4. The second kappa shape index (κ2) is 46.4. The molecule has 2 saturated heterocycles. The first-order valence-electron chi connectivity index (χ1n) is 38.9. The van der Waals surface area contributed by atoms with E-state index in [1.165, 1.54) is 26.4 Å². The van der Waals surface area contributed by atoms with Crippen molar-refractivity contribution in [2.75, 3.05) is 55.1 Å². The van der Waals surface area contributed by atoms with Gasteiger partial charge >= 0.3 is 23.9 Å². The Bertz CT molecular complexity index is 3690. The molecule has 0 radical (unpaired) electrons. The molecule has 616 valence electrons. The Balaban J connectivity index is 0.000000867. The van der Waals surface area contributed by atoms with Gasteiger partial charge in [0.25, 0.3) is 23.6 Å². The number of Topliss-reactive ketones (excluding diaryl/α,β-unsaturated/α-hetero) is 2. The van der Waals surface area contributed by atoms with Crippen LogP contribution < -0.4 is 27.4 Å². The Morgan fingerprint density at radius 1 is 0.652 bits per heavy atom. The Hall–Kier alpha value is -9.58. The Morgan fingerprint density at radius 2 is 1.28 bits per heavy atom. The van der Waals surface area contributed by atoms with Crippen molar-refractivity contribution in [1.29, 1.82) is 0 Å². The Kier molecular flexibility index (Phi) is 38.6. The first kappa shape index (κ1) is 93.0. The number of carbonyl (C=O) groups excluding carboxylic acids is 14. The van der Waals surface area contributed by atoms with Crippen molar-refractivity contribution in [2.24, 2.45) is 47.0 Å². The third-order valence-electron chi connectivity index (χ3n) is 21.0. The van der Waals surface area contributed by atoms with Crippen molar-refractivity contribution in [3.8, 4) is 0 Å². The van der Waals surface area contributed by atoms with Gasteiger partial charge in [0.15, 0.2) is 11.6 Å². The van der Waals surface area contributed by atoms with Crippen LogP contribution in [0.4, 0.5) is 4.79 Å². The Morgan fingerprint density at radius 3 is 1.87 bits per heavy atom. The zero-order chi connectivity index (χ0) is 83.1. The normalized spacial score (nSPS) is 16.9. The van der Waals surface area contributed by atoms with Crippen LogP contribution in [0.25, 0.3) is 0 Å². The number of unbranched alkanes of at least 4 members (excludes halogenated alkanes) is 2. The molecule has 112 heavy (non-hydrogen) atoms. The fourth-order valence-corrected chi connectivity index (χ4v) is 14.4. The maximum atomic E-state index is 14.9. The lowest BCUT2D eigenvalue weighted by atomic mass is 9.83. The summed E-state index contributed by atoms with van der Waals surface area (Å²) in [5.74, 6) is -6.85. The standard InChI is InChI=1S/C69H104N8O13.C14H16N2O6/c1-15-45(8)63(58(87-12)39-59(80)77-33-21-27-55(77)64(88-13)46(9)65(82)74-54(68(85)89-14)35-47-22-17-16-18-23-47)76(11)67(84)52(42(2)3)38-57(79)62(44(6)7)75(10)40-51-25-19-24-50(34-51)37-60(81)90-41-49-30-28-48(29-31-49)36-56(78)53(26-20-32-72-69(71)86)73-66(83)61(70)43(4)5;17-10-5-6-11(18)15(10)9-3-1-2-4-14(21)22-16-12(19)7-8-13(16)20/h16-19,22-25,28-31,34,42-46,52-55,58,61-64H,15,20-21,26-27,32-33,35-41,70H2,1-14H3,(H,73,83)(H,74,82)(H3,71,72,86);5-6H,1-4,7-9H2/t45-,46+,52-,53-,54-,55-,58+,61-,62-,63-,64+;/m0./s1. The minimum absolute atomic E-state index is 0.00442. The van der Waals surface area contributed by atoms with E-state index in [0.717, 1.165) is 21.6 Å². The predicted molar refractivity (Wildman–Crippen MR) is 416 cm³/mol. The topological polar surface area (TPSA) is 389 Å². The molecule has 3 aliphatic heterocycles. The molecule has 11 atom stereocenters. The van der Waals surface area contributed by atoms with Gasteiger partial charge in [0.05, 0.1) is 68.3 Å². The highest BCUT2D eigenvalue weighted by molar-refractivity contribution is 6.13. The van der Waals surface area contributed by atoms with E-state index in [9.17, 15) is 67.1 Å². The number of imide groups is 2. The Labute approximate surface area is 658 Å². The van der Waals surface area contributed by atoms with Gasteiger partial charge in [-0.05, 0) is 97.1 Å². The number of primary amides is 1. The van der Waals surface area contributed by atoms with Gasteiger partial charge in [-0.15, -0.1) is 5.06 Å². The highest BCUT2D eigenvalue weighted by Gasteiger charge is 2.44. The molecule has 0 aromatic heterocycles. The van der Waals surface area contributed by atoms with Gasteiger partial charge in [0, 0.05) is 104 Å². The van der Waals surface area contributed by atoms with Crippen LogP contribution in [-0.4, -0.2) is 211 Å². The minimum Gasteiger partial charge on any atom is -0.467 e. The van der Waals surface area contributed by atoms with Crippen molar-refractivity contribution in [3.63, 3.8) is 0 Å². The number of methoxy groups -OCH3 is 3. The molecule has 29 nitrogen and oxygen atoms in total. The van der Waals surface area contributed by atoms with Gasteiger partial charge in [-0.1, -0.05) is 154 Å². The summed E-state index contributed by atoms with van der Waals surface area (Å²) in [4.78, 5) is 189. The number of ether oxygens (including phenoxy) is 4. The highest BCUT2D eigenvalue weighted by atomic mass is 16.7. The van der Waals surface area contributed by atoms with E-state index in [1.807, 2.05) is 122 Å². The molecule has 6 rings (SSSR count). The summed E-state index contributed by atoms with van der Waals surface area (Å²) in [5.41, 5.74) is 15.1.